The van der Waals surface area contributed by atoms with E-state index < -0.39 is 0 Å². The van der Waals surface area contributed by atoms with Crippen molar-refractivity contribution in [3.63, 3.8) is 0 Å². The summed E-state index contributed by atoms with van der Waals surface area (Å²) >= 11 is 1.55. The van der Waals surface area contributed by atoms with Gasteiger partial charge in [-0.25, -0.2) is 9.97 Å². The van der Waals surface area contributed by atoms with Crippen LogP contribution >= 0.6 is 11.3 Å². The summed E-state index contributed by atoms with van der Waals surface area (Å²) < 4.78 is 8.99. The average molecular weight is 483 g/mol. The van der Waals surface area contributed by atoms with Gasteiger partial charge < -0.3 is 9.30 Å². The molecule has 2 aromatic heterocycles. The molecule has 176 valence electrons. The molecular formula is C28H26N4O2S. The maximum absolute atomic E-state index is 13.7. The van der Waals surface area contributed by atoms with Crippen LogP contribution in [-0.4, -0.2) is 27.0 Å². The number of para-hydroxylation sites is 1. The number of carbonyl (C=O) groups is 1. The molecule has 7 heteroatoms. The first-order valence-electron chi connectivity index (χ1n) is 11.6. The zero-order valence-electron chi connectivity index (χ0n) is 19.7. The highest BCUT2D eigenvalue weighted by atomic mass is 32.1. The van der Waals surface area contributed by atoms with Crippen LogP contribution in [0, 0.1) is 13.8 Å². The van der Waals surface area contributed by atoms with E-state index >= 15 is 0 Å². The van der Waals surface area contributed by atoms with E-state index in [1.165, 1.54) is 5.56 Å². The maximum Gasteiger partial charge on any atom is 0.260 e. The third-order valence-electron chi connectivity index (χ3n) is 5.99. The topological polar surface area (TPSA) is 60.2 Å². The van der Waals surface area contributed by atoms with Gasteiger partial charge in [0.2, 0.25) is 0 Å². The minimum absolute atomic E-state index is 0.0738. The number of benzene rings is 3. The van der Waals surface area contributed by atoms with Gasteiger partial charge >= 0.3 is 0 Å². The van der Waals surface area contributed by atoms with Gasteiger partial charge in [0.05, 0.1) is 16.5 Å². The second kappa shape index (κ2) is 10.1. The highest BCUT2D eigenvalue weighted by Gasteiger charge is 2.22. The van der Waals surface area contributed by atoms with Crippen LogP contribution < -0.4 is 9.64 Å². The van der Waals surface area contributed by atoms with Gasteiger partial charge in [0, 0.05) is 31.0 Å². The summed E-state index contributed by atoms with van der Waals surface area (Å²) in [5, 5.41) is 0.717. The molecule has 6 nitrogen and oxygen atoms in total. The largest absolute Gasteiger partial charge is 0.457 e. The van der Waals surface area contributed by atoms with Crippen molar-refractivity contribution in [2.75, 3.05) is 11.4 Å². The Kier molecular flexibility index (Phi) is 6.59. The molecule has 0 bridgehead atoms. The number of imidazole rings is 1. The molecule has 0 saturated carbocycles. The number of thiazole rings is 1. The lowest BCUT2D eigenvalue weighted by atomic mass is 10.1. The molecule has 3 aromatic carbocycles. The molecule has 0 unspecified atom stereocenters. The molecule has 1 amide bonds. The van der Waals surface area contributed by atoms with Gasteiger partial charge in [-0.2, -0.15) is 0 Å². The number of ether oxygens (including phenoxy) is 1. The monoisotopic (exact) mass is 482 g/mol. The number of anilines is 1. The Bertz CT molecular complexity index is 1430. The molecule has 2 heterocycles. The number of amides is 1. The van der Waals surface area contributed by atoms with Crippen LogP contribution in [0.25, 0.3) is 10.2 Å². The number of fused-ring (bicyclic) bond motifs is 1. The second-order valence-corrected chi connectivity index (χ2v) is 9.41. The normalized spacial score (nSPS) is 11.0. The number of rotatable bonds is 8. The van der Waals surface area contributed by atoms with E-state index in [-0.39, 0.29) is 5.91 Å². The molecule has 0 radical (unpaired) electrons. The van der Waals surface area contributed by atoms with Crippen LogP contribution in [0.1, 0.15) is 27.9 Å². The first-order chi connectivity index (χ1) is 17.1. The Balaban J connectivity index is 1.40. The number of hydrogen-bond acceptors (Lipinski definition) is 5. The standard InChI is InChI=1S/C28H26N4O2S/c1-20-9-14-25-26(21(20)2)30-28(35-25)32(17-6-16-31-18-15-29-19-31)27(33)22-10-12-24(13-11-22)34-23-7-4-3-5-8-23/h3-5,7-15,18-19H,6,16-17H2,1-2H3. The lowest BCUT2D eigenvalue weighted by Gasteiger charge is -2.20. The van der Waals surface area contributed by atoms with Gasteiger partial charge in [-0.05, 0) is 73.9 Å². The summed E-state index contributed by atoms with van der Waals surface area (Å²) in [5.74, 6) is 1.37. The van der Waals surface area contributed by atoms with E-state index in [1.54, 1.807) is 28.8 Å². The molecule has 0 N–H and O–H groups in total. The third kappa shape index (κ3) is 5.10. The molecule has 0 spiro atoms. The highest BCUT2D eigenvalue weighted by molar-refractivity contribution is 7.22. The summed E-state index contributed by atoms with van der Waals surface area (Å²) in [7, 11) is 0. The predicted octanol–water partition coefficient (Wildman–Crippen LogP) is 6.64. The van der Waals surface area contributed by atoms with Crippen LogP contribution in [0.5, 0.6) is 11.5 Å². The van der Waals surface area contributed by atoms with Crippen molar-refractivity contribution in [2.24, 2.45) is 0 Å². The zero-order valence-corrected chi connectivity index (χ0v) is 20.5. The van der Waals surface area contributed by atoms with E-state index in [0.717, 1.165) is 34.5 Å². The lowest BCUT2D eigenvalue weighted by molar-refractivity contribution is 0.0986. The smallest absolute Gasteiger partial charge is 0.260 e. The van der Waals surface area contributed by atoms with Crippen LogP contribution in [0.3, 0.4) is 0 Å². The Morgan fingerprint density at radius 2 is 1.77 bits per heavy atom. The maximum atomic E-state index is 13.7. The first kappa shape index (κ1) is 22.8. The van der Waals surface area contributed by atoms with Crippen molar-refractivity contribution in [1.82, 2.24) is 14.5 Å². The predicted molar refractivity (Wildman–Crippen MR) is 141 cm³/mol. The Hall–Kier alpha value is -3.97. The molecule has 5 aromatic rings. The average Bonchev–Trinajstić information content (AvgIpc) is 3.55. The van der Waals surface area contributed by atoms with E-state index in [1.807, 2.05) is 65.4 Å². The van der Waals surface area contributed by atoms with Crippen molar-refractivity contribution in [2.45, 2.75) is 26.8 Å². The van der Waals surface area contributed by atoms with E-state index in [4.69, 9.17) is 9.72 Å². The van der Waals surface area contributed by atoms with Gasteiger partial charge in [-0.15, -0.1) is 0 Å². The molecule has 0 atom stereocenters. The summed E-state index contributed by atoms with van der Waals surface area (Å²) in [6.07, 6.45) is 6.27. The summed E-state index contributed by atoms with van der Waals surface area (Å²) in [6.45, 7) is 5.49. The van der Waals surface area contributed by atoms with Crippen LogP contribution in [0.2, 0.25) is 0 Å². The van der Waals surface area contributed by atoms with Crippen LogP contribution in [0.15, 0.2) is 85.5 Å². The van der Waals surface area contributed by atoms with Gasteiger partial charge in [0.1, 0.15) is 11.5 Å². The molecule has 0 aliphatic heterocycles. The number of carbonyl (C=O) groups excluding carboxylic acids is 1. The quantitative estimate of drug-likeness (QED) is 0.249. The second-order valence-electron chi connectivity index (χ2n) is 8.40. The molecule has 0 saturated heterocycles. The minimum Gasteiger partial charge on any atom is -0.457 e. The first-order valence-corrected chi connectivity index (χ1v) is 12.4. The zero-order chi connectivity index (χ0) is 24.2. The molecule has 35 heavy (non-hydrogen) atoms. The summed E-state index contributed by atoms with van der Waals surface area (Å²) in [6, 6.07) is 21.1. The van der Waals surface area contributed by atoms with E-state index in [9.17, 15) is 4.79 Å². The highest BCUT2D eigenvalue weighted by Crippen LogP contribution is 2.33. The van der Waals surface area contributed by atoms with E-state index in [2.05, 4.69) is 31.0 Å². The third-order valence-corrected chi connectivity index (χ3v) is 7.03. The Morgan fingerprint density at radius 3 is 2.51 bits per heavy atom. The molecular weight excluding hydrogens is 456 g/mol. The molecule has 0 fully saturated rings. The molecule has 0 aliphatic carbocycles. The summed E-state index contributed by atoms with van der Waals surface area (Å²) in [5.41, 5.74) is 3.91. The van der Waals surface area contributed by atoms with Gasteiger partial charge in [-0.3, -0.25) is 9.69 Å². The number of aromatic nitrogens is 3. The van der Waals surface area contributed by atoms with Gasteiger partial charge in [-0.1, -0.05) is 35.6 Å². The summed E-state index contributed by atoms with van der Waals surface area (Å²) in [4.78, 5) is 24.5. The van der Waals surface area contributed by atoms with Crippen LogP contribution in [0.4, 0.5) is 5.13 Å². The van der Waals surface area contributed by atoms with Crippen molar-refractivity contribution in [3.05, 3.63) is 102 Å². The van der Waals surface area contributed by atoms with Crippen molar-refractivity contribution < 1.29 is 9.53 Å². The Morgan fingerprint density at radius 1 is 1.00 bits per heavy atom. The van der Waals surface area contributed by atoms with Crippen molar-refractivity contribution >= 4 is 32.6 Å². The SMILES string of the molecule is Cc1ccc2sc(N(CCCn3ccnc3)C(=O)c3ccc(Oc4ccccc4)cc3)nc2c1C. The van der Waals surface area contributed by atoms with Crippen molar-refractivity contribution in [3.8, 4) is 11.5 Å². The van der Waals surface area contributed by atoms with Crippen molar-refractivity contribution in [1.29, 1.82) is 0 Å². The fraction of sp³-hybridized carbons (Fsp3) is 0.179. The minimum atomic E-state index is -0.0738. The van der Waals surface area contributed by atoms with Gasteiger partial charge in [0.15, 0.2) is 5.13 Å². The fourth-order valence-electron chi connectivity index (χ4n) is 3.89. The number of aryl methyl sites for hydroxylation is 3. The Labute approximate surface area is 208 Å². The number of nitrogens with zero attached hydrogens (tertiary/aromatic N) is 4. The van der Waals surface area contributed by atoms with E-state index in [0.29, 0.717) is 23.0 Å². The molecule has 0 aliphatic rings. The lowest BCUT2D eigenvalue weighted by Crippen LogP contribution is -2.32. The van der Waals surface area contributed by atoms with Gasteiger partial charge in [0.25, 0.3) is 5.91 Å². The van der Waals surface area contributed by atoms with Crippen LogP contribution in [-0.2, 0) is 6.54 Å². The fourth-order valence-corrected chi connectivity index (χ4v) is 4.94. The molecule has 5 rings (SSSR count). The number of hydrogen-bond donors (Lipinski definition) is 0.